The Morgan fingerprint density at radius 2 is 2.04 bits per heavy atom. The van der Waals surface area contributed by atoms with Crippen molar-refractivity contribution in [2.75, 3.05) is 63.3 Å². The van der Waals surface area contributed by atoms with Gasteiger partial charge in [0.15, 0.2) is 0 Å². The first-order chi connectivity index (χ1) is 11.6. The lowest BCUT2D eigenvalue weighted by atomic mass is 10.3. The van der Waals surface area contributed by atoms with E-state index in [-0.39, 0.29) is 6.09 Å². The number of hydrogen-bond donors (Lipinski definition) is 1. The van der Waals surface area contributed by atoms with Gasteiger partial charge in [-0.15, -0.1) is 0 Å². The van der Waals surface area contributed by atoms with Crippen LogP contribution in [0.2, 0.25) is 0 Å². The SMILES string of the molecule is CCOC(=O)N1CCN(c2cc(NCCCOC)nc(C)n2)CC1. The Balaban J connectivity index is 1.92. The zero-order chi connectivity index (χ0) is 17.4. The maximum atomic E-state index is 11.8. The third kappa shape index (κ3) is 5.23. The Labute approximate surface area is 143 Å². The number of amides is 1. The van der Waals surface area contributed by atoms with Gasteiger partial charge in [-0.05, 0) is 20.3 Å². The van der Waals surface area contributed by atoms with E-state index in [4.69, 9.17) is 9.47 Å². The van der Waals surface area contributed by atoms with Crippen molar-refractivity contribution in [1.82, 2.24) is 14.9 Å². The molecule has 1 aliphatic rings. The second-order valence-corrected chi connectivity index (χ2v) is 5.60. The summed E-state index contributed by atoms with van der Waals surface area (Å²) in [6, 6.07) is 1.96. The van der Waals surface area contributed by atoms with Gasteiger partial charge in [-0.3, -0.25) is 0 Å². The zero-order valence-corrected chi connectivity index (χ0v) is 14.7. The van der Waals surface area contributed by atoms with Gasteiger partial charge in [-0.1, -0.05) is 0 Å². The van der Waals surface area contributed by atoms with Crippen molar-refractivity contribution in [2.45, 2.75) is 20.3 Å². The maximum Gasteiger partial charge on any atom is 0.409 e. The number of ether oxygens (including phenoxy) is 2. The largest absolute Gasteiger partial charge is 0.450 e. The van der Waals surface area contributed by atoms with Crippen molar-refractivity contribution < 1.29 is 14.3 Å². The first-order valence-corrected chi connectivity index (χ1v) is 8.39. The van der Waals surface area contributed by atoms with Crippen molar-refractivity contribution >= 4 is 17.7 Å². The molecule has 2 rings (SSSR count). The highest BCUT2D eigenvalue weighted by molar-refractivity contribution is 5.68. The Morgan fingerprint density at radius 3 is 2.71 bits per heavy atom. The molecule has 1 N–H and O–H groups in total. The minimum Gasteiger partial charge on any atom is -0.450 e. The summed E-state index contributed by atoms with van der Waals surface area (Å²) in [7, 11) is 1.70. The summed E-state index contributed by atoms with van der Waals surface area (Å²) in [6.45, 7) is 8.38. The molecule has 24 heavy (non-hydrogen) atoms. The first kappa shape index (κ1) is 18.3. The van der Waals surface area contributed by atoms with E-state index in [9.17, 15) is 4.79 Å². The summed E-state index contributed by atoms with van der Waals surface area (Å²) >= 11 is 0. The van der Waals surface area contributed by atoms with Gasteiger partial charge in [0.05, 0.1) is 6.61 Å². The number of nitrogens with zero attached hydrogens (tertiary/aromatic N) is 4. The summed E-state index contributed by atoms with van der Waals surface area (Å²) in [5.74, 6) is 2.44. The summed E-state index contributed by atoms with van der Waals surface area (Å²) < 4.78 is 10.1. The van der Waals surface area contributed by atoms with Crippen LogP contribution in [0.15, 0.2) is 6.07 Å². The normalized spacial score (nSPS) is 14.6. The maximum absolute atomic E-state index is 11.8. The van der Waals surface area contributed by atoms with E-state index >= 15 is 0 Å². The van der Waals surface area contributed by atoms with Crippen molar-refractivity contribution in [2.24, 2.45) is 0 Å². The third-order valence-electron chi connectivity index (χ3n) is 3.79. The van der Waals surface area contributed by atoms with E-state index in [1.807, 2.05) is 19.9 Å². The van der Waals surface area contributed by atoms with E-state index in [1.165, 1.54) is 0 Å². The lowest BCUT2D eigenvalue weighted by Crippen LogP contribution is -2.49. The van der Waals surface area contributed by atoms with Crippen LogP contribution in [0.5, 0.6) is 0 Å². The number of carbonyl (C=O) groups is 1. The molecule has 8 heteroatoms. The molecule has 0 unspecified atom stereocenters. The van der Waals surface area contributed by atoms with Gasteiger partial charge in [0.1, 0.15) is 17.5 Å². The highest BCUT2D eigenvalue weighted by Gasteiger charge is 2.23. The second-order valence-electron chi connectivity index (χ2n) is 5.60. The molecule has 1 aromatic rings. The van der Waals surface area contributed by atoms with Crippen LogP contribution in [0.3, 0.4) is 0 Å². The minimum absolute atomic E-state index is 0.239. The number of rotatable bonds is 7. The number of methoxy groups -OCH3 is 1. The average Bonchev–Trinajstić information content (AvgIpc) is 2.59. The molecule has 1 aliphatic heterocycles. The van der Waals surface area contributed by atoms with Crippen LogP contribution < -0.4 is 10.2 Å². The molecule has 1 aromatic heterocycles. The van der Waals surface area contributed by atoms with E-state index in [2.05, 4.69) is 20.2 Å². The van der Waals surface area contributed by atoms with Crippen LogP contribution >= 0.6 is 0 Å². The molecule has 2 heterocycles. The predicted octanol–water partition coefficient (Wildman–Crippen LogP) is 1.51. The van der Waals surface area contributed by atoms with E-state index < -0.39 is 0 Å². The second kappa shape index (κ2) is 9.27. The lowest BCUT2D eigenvalue weighted by Gasteiger charge is -2.34. The monoisotopic (exact) mass is 337 g/mol. The molecule has 0 saturated carbocycles. The molecule has 134 valence electrons. The number of hydrogen-bond acceptors (Lipinski definition) is 7. The third-order valence-corrected chi connectivity index (χ3v) is 3.79. The minimum atomic E-state index is -0.239. The van der Waals surface area contributed by atoms with Gasteiger partial charge in [0, 0.05) is 52.5 Å². The smallest absolute Gasteiger partial charge is 0.409 e. The Kier molecular flexibility index (Phi) is 7.05. The topological polar surface area (TPSA) is 79.8 Å². The molecule has 0 aromatic carbocycles. The highest BCUT2D eigenvalue weighted by atomic mass is 16.6. The predicted molar refractivity (Wildman–Crippen MR) is 92.6 cm³/mol. The van der Waals surface area contributed by atoms with Gasteiger partial charge < -0.3 is 24.6 Å². The van der Waals surface area contributed by atoms with Gasteiger partial charge in [-0.25, -0.2) is 14.8 Å². The van der Waals surface area contributed by atoms with Crippen molar-refractivity contribution in [3.8, 4) is 0 Å². The summed E-state index contributed by atoms with van der Waals surface area (Å²) in [5.41, 5.74) is 0. The van der Waals surface area contributed by atoms with Gasteiger partial charge in [0.2, 0.25) is 0 Å². The highest BCUT2D eigenvalue weighted by Crippen LogP contribution is 2.18. The molecule has 8 nitrogen and oxygen atoms in total. The summed E-state index contributed by atoms with van der Waals surface area (Å²) in [6.07, 6.45) is 0.684. The quantitative estimate of drug-likeness (QED) is 0.756. The zero-order valence-electron chi connectivity index (χ0n) is 14.7. The van der Waals surface area contributed by atoms with E-state index in [0.29, 0.717) is 19.7 Å². The molecule has 1 fully saturated rings. The van der Waals surface area contributed by atoms with Crippen molar-refractivity contribution in [3.63, 3.8) is 0 Å². The molecular weight excluding hydrogens is 310 g/mol. The van der Waals surface area contributed by atoms with Gasteiger partial charge in [0.25, 0.3) is 0 Å². The van der Waals surface area contributed by atoms with Crippen molar-refractivity contribution in [1.29, 1.82) is 0 Å². The number of piperazine rings is 1. The molecule has 0 atom stereocenters. The summed E-state index contributed by atoms with van der Waals surface area (Å²) in [5, 5.41) is 3.30. The fourth-order valence-electron chi connectivity index (χ4n) is 2.57. The van der Waals surface area contributed by atoms with Crippen LogP contribution in [-0.2, 0) is 9.47 Å². The number of aromatic nitrogens is 2. The van der Waals surface area contributed by atoms with E-state index in [1.54, 1.807) is 12.0 Å². The molecular formula is C16H27N5O3. The fraction of sp³-hybridized carbons (Fsp3) is 0.688. The van der Waals surface area contributed by atoms with Crippen molar-refractivity contribution in [3.05, 3.63) is 11.9 Å². The Bertz CT molecular complexity index is 532. The molecule has 1 saturated heterocycles. The Hall–Kier alpha value is -2.09. The number of carbonyl (C=O) groups excluding carboxylic acids is 1. The first-order valence-electron chi connectivity index (χ1n) is 8.39. The van der Waals surface area contributed by atoms with Crippen LogP contribution in [-0.4, -0.2) is 74.0 Å². The molecule has 0 spiro atoms. The number of aryl methyl sites for hydroxylation is 1. The summed E-state index contributed by atoms with van der Waals surface area (Å²) in [4.78, 5) is 24.6. The molecule has 0 bridgehead atoms. The number of nitrogens with one attached hydrogen (secondary N) is 1. The fourth-order valence-corrected chi connectivity index (χ4v) is 2.57. The van der Waals surface area contributed by atoms with E-state index in [0.717, 1.165) is 50.1 Å². The molecule has 1 amide bonds. The van der Waals surface area contributed by atoms with Crippen LogP contribution in [0.1, 0.15) is 19.2 Å². The van der Waals surface area contributed by atoms with Crippen LogP contribution in [0.4, 0.5) is 16.4 Å². The Morgan fingerprint density at radius 1 is 1.29 bits per heavy atom. The number of anilines is 2. The van der Waals surface area contributed by atoms with Crippen LogP contribution in [0.25, 0.3) is 0 Å². The molecule has 0 radical (unpaired) electrons. The standard InChI is InChI=1S/C16H27N5O3/c1-4-24-16(22)21-9-7-20(8-10-21)15-12-14(18-13(2)19-15)17-6-5-11-23-3/h12H,4-11H2,1-3H3,(H,17,18,19). The lowest BCUT2D eigenvalue weighted by molar-refractivity contribution is 0.105. The molecule has 0 aliphatic carbocycles. The van der Waals surface area contributed by atoms with Crippen LogP contribution in [0, 0.1) is 6.92 Å². The van der Waals surface area contributed by atoms with Gasteiger partial charge >= 0.3 is 6.09 Å². The average molecular weight is 337 g/mol. The van der Waals surface area contributed by atoms with Gasteiger partial charge in [-0.2, -0.15) is 0 Å².